The van der Waals surface area contributed by atoms with Gasteiger partial charge in [0.15, 0.2) is 0 Å². The molecule has 0 bridgehead atoms. The van der Waals surface area contributed by atoms with Gasteiger partial charge in [0.25, 0.3) is 0 Å². The number of amides is 1. The Labute approximate surface area is 161 Å². The molecular weight excluding hydrogens is 396 g/mol. The number of halogens is 1. The zero-order valence-electron chi connectivity index (χ0n) is 13.8. The van der Waals surface area contributed by atoms with Crippen molar-refractivity contribution in [2.45, 2.75) is 17.9 Å². The van der Waals surface area contributed by atoms with Gasteiger partial charge < -0.3 is 4.90 Å². The summed E-state index contributed by atoms with van der Waals surface area (Å²) in [6.07, 6.45) is 2.21. The molecule has 0 aromatic heterocycles. The van der Waals surface area contributed by atoms with Crippen LogP contribution in [-0.2, 0) is 11.3 Å². The molecule has 0 aliphatic rings. The highest BCUT2D eigenvalue weighted by atomic mass is 79.9. The van der Waals surface area contributed by atoms with Crippen LogP contribution in [0.25, 0.3) is 0 Å². The quantitative estimate of drug-likeness (QED) is 0.449. The number of carbonyl (C=O) groups is 1. The Balaban J connectivity index is 1.91. The fraction of sp³-hybridized carbons (Fsp3) is 0.200. The summed E-state index contributed by atoms with van der Waals surface area (Å²) in [6.45, 7) is 4.78. The van der Waals surface area contributed by atoms with Gasteiger partial charge in [-0.2, -0.15) is 5.26 Å². The van der Waals surface area contributed by atoms with E-state index in [1.54, 1.807) is 34.9 Å². The molecule has 25 heavy (non-hydrogen) atoms. The minimum absolute atomic E-state index is 0.101. The zero-order chi connectivity index (χ0) is 18.1. The van der Waals surface area contributed by atoms with Crippen molar-refractivity contribution in [1.29, 1.82) is 5.26 Å². The molecule has 2 aromatic rings. The lowest BCUT2D eigenvalue weighted by molar-refractivity contribution is -0.130. The van der Waals surface area contributed by atoms with Crippen LogP contribution >= 0.6 is 27.7 Å². The molecule has 0 aliphatic heterocycles. The summed E-state index contributed by atoms with van der Waals surface area (Å²) in [4.78, 5) is 15.5. The van der Waals surface area contributed by atoms with Crippen molar-refractivity contribution in [3.63, 3.8) is 0 Å². The predicted molar refractivity (Wildman–Crippen MR) is 106 cm³/mol. The number of hydrogen-bond donors (Lipinski definition) is 0. The summed E-state index contributed by atoms with van der Waals surface area (Å²) in [5, 5.41) is 8.86. The second-order valence-electron chi connectivity index (χ2n) is 5.40. The lowest BCUT2D eigenvalue weighted by Gasteiger charge is -2.21. The molecule has 128 valence electrons. The Morgan fingerprint density at radius 1 is 1.24 bits per heavy atom. The summed E-state index contributed by atoms with van der Waals surface area (Å²) in [5.41, 5.74) is 1.63. The van der Waals surface area contributed by atoms with Crippen molar-refractivity contribution in [3.05, 3.63) is 76.8 Å². The van der Waals surface area contributed by atoms with E-state index < -0.39 is 0 Å². The highest BCUT2D eigenvalue weighted by Gasteiger charge is 2.13. The first-order valence-corrected chi connectivity index (χ1v) is 9.67. The molecule has 1 amide bonds. The van der Waals surface area contributed by atoms with Crippen LogP contribution in [0.2, 0.25) is 0 Å². The third-order valence-electron chi connectivity index (χ3n) is 3.57. The van der Waals surface area contributed by atoms with Gasteiger partial charge in [0.2, 0.25) is 5.91 Å². The molecule has 2 rings (SSSR count). The number of rotatable bonds is 8. The van der Waals surface area contributed by atoms with E-state index in [1.807, 2.05) is 36.4 Å². The molecule has 5 heteroatoms. The van der Waals surface area contributed by atoms with Crippen LogP contribution in [0.5, 0.6) is 0 Å². The van der Waals surface area contributed by atoms with Crippen molar-refractivity contribution < 1.29 is 4.79 Å². The third-order valence-corrected chi connectivity index (χ3v) is 5.60. The first kappa shape index (κ1) is 19.3. The van der Waals surface area contributed by atoms with Gasteiger partial charge in [-0.1, -0.05) is 30.3 Å². The van der Waals surface area contributed by atoms with E-state index in [1.165, 1.54) is 0 Å². The van der Waals surface area contributed by atoms with Crippen LogP contribution in [0.1, 0.15) is 17.5 Å². The molecule has 0 fully saturated rings. The second-order valence-corrected chi connectivity index (χ2v) is 7.39. The largest absolute Gasteiger partial charge is 0.335 e. The molecule has 0 spiro atoms. The number of hydrogen-bond acceptors (Lipinski definition) is 3. The molecule has 0 N–H and O–H groups in total. The van der Waals surface area contributed by atoms with Crippen LogP contribution < -0.4 is 0 Å². The summed E-state index contributed by atoms with van der Waals surface area (Å²) >= 11 is 5.19. The molecule has 2 aromatic carbocycles. The monoisotopic (exact) mass is 414 g/mol. The molecule has 0 radical (unpaired) electrons. The lowest BCUT2D eigenvalue weighted by atomic mass is 10.1. The van der Waals surface area contributed by atoms with Crippen molar-refractivity contribution in [2.24, 2.45) is 0 Å². The van der Waals surface area contributed by atoms with Crippen molar-refractivity contribution >= 4 is 33.6 Å². The Morgan fingerprint density at radius 2 is 1.96 bits per heavy atom. The van der Waals surface area contributed by atoms with Crippen LogP contribution in [0.3, 0.4) is 0 Å². The van der Waals surface area contributed by atoms with Crippen LogP contribution in [-0.4, -0.2) is 23.1 Å². The SMILES string of the molecule is C=CCN(Cc1ccc(C#N)cc1)C(=O)CCSc1ccccc1Br. The molecule has 3 nitrogen and oxygen atoms in total. The van der Waals surface area contributed by atoms with Gasteiger partial charge in [-0.3, -0.25) is 4.79 Å². The Morgan fingerprint density at radius 3 is 2.60 bits per heavy atom. The van der Waals surface area contributed by atoms with Gasteiger partial charge in [0.05, 0.1) is 11.6 Å². The Bertz CT molecular complexity index is 768. The molecule has 0 saturated carbocycles. The van der Waals surface area contributed by atoms with E-state index in [0.29, 0.717) is 25.1 Å². The third kappa shape index (κ3) is 6.08. The number of thioether (sulfide) groups is 1. The minimum atomic E-state index is 0.101. The van der Waals surface area contributed by atoms with Crippen molar-refractivity contribution in [2.75, 3.05) is 12.3 Å². The normalized spacial score (nSPS) is 10.1. The van der Waals surface area contributed by atoms with Crippen molar-refractivity contribution in [3.8, 4) is 6.07 Å². The standard InChI is InChI=1S/C20H19BrN2OS/c1-2-12-23(15-17-9-7-16(14-22)8-10-17)20(24)11-13-25-19-6-4-3-5-18(19)21/h2-10H,1,11-13,15H2. The van der Waals surface area contributed by atoms with E-state index in [9.17, 15) is 4.79 Å². The van der Waals surface area contributed by atoms with Gasteiger partial charge in [0, 0.05) is 34.6 Å². The van der Waals surface area contributed by atoms with Gasteiger partial charge in [-0.25, -0.2) is 0 Å². The van der Waals surface area contributed by atoms with Crippen LogP contribution in [0.15, 0.2) is 70.6 Å². The molecule has 0 unspecified atom stereocenters. The van der Waals surface area contributed by atoms with Crippen LogP contribution in [0, 0.1) is 11.3 Å². The minimum Gasteiger partial charge on any atom is -0.335 e. The molecule has 0 aliphatic carbocycles. The summed E-state index contributed by atoms with van der Waals surface area (Å²) in [7, 11) is 0. The maximum absolute atomic E-state index is 12.5. The predicted octanol–water partition coefficient (Wildman–Crippen LogP) is 5.02. The van der Waals surface area contributed by atoms with Crippen LogP contribution in [0.4, 0.5) is 0 Å². The summed E-state index contributed by atoms with van der Waals surface area (Å²) in [6, 6.07) is 17.4. The molecular formula is C20H19BrN2OS. The van der Waals surface area contributed by atoms with E-state index in [4.69, 9.17) is 5.26 Å². The molecule has 0 atom stereocenters. The van der Waals surface area contributed by atoms with Gasteiger partial charge in [-0.15, -0.1) is 18.3 Å². The Hall–Kier alpha value is -2.03. The van der Waals surface area contributed by atoms with E-state index in [2.05, 4.69) is 28.6 Å². The average molecular weight is 415 g/mol. The highest BCUT2D eigenvalue weighted by Crippen LogP contribution is 2.27. The number of nitrogens with zero attached hydrogens (tertiary/aromatic N) is 2. The first-order chi connectivity index (χ1) is 12.1. The van der Waals surface area contributed by atoms with E-state index >= 15 is 0 Å². The fourth-order valence-electron chi connectivity index (χ4n) is 2.28. The first-order valence-electron chi connectivity index (χ1n) is 7.89. The average Bonchev–Trinajstić information content (AvgIpc) is 2.63. The van der Waals surface area contributed by atoms with Gasteiger partial charge >= 0.3 is 0 Å². The van der Waals surface area contributed by atoms with E-state index in [-0.39, 0.29) is 5.91 Å². The lowest BCUT2D eigenvalue weighted by Crippen LogP contribution is -2.30. The maximum Gasteiger partial charge on any atom is 0.223 e. The number of carbonyl (C=O) groups excluding carboxylic acids is 1. The number of benzene rings is 2. The molecule has 0 heterocycles. The number of nitriles is 1. The Kier molecular flexibility index (Phi) is 7.77. The zero-order valence-corrected chi connectivity index (χ0v) is 16.2. The second kappa shape index (κ2) is 10.1. The molecule has 0 saturated heterocycles. The van der Waals surface area contributed by atoms with Gasteiger partial charge in [0.1, 0.15) is 0 Å². The summed E-state index contributed by atoms with van der Waals surface area (Å²) < 4.78 is 1.05. The smallest absolute Gasteiger partial charge is 0.223 e. The van der Waals surface area contributed by atoms with Crippen molar-refractivity contribution in [1.82, 2.24) is 4.90 Å². The highest BCUT2D eigenvalue weighted by molar-refractivity contribution is 9.10. The topological polar surface area (TPSA) is 44.1 Å². The van der Waals surface area contributed by atoms with E-state index in [0.717, 1.165) is 20.7 Å². The van der Waals surface area contributed by atoms with Gasteiger partial charge in [-0.05, 0) is 45.8 Å². The fourth-order valence-corrected chi connectivity index (χ4v) is 3.79. The summed E-state index contributed by atoms with van der Waals surface area (Å²) in [5.74, 6) is 0.825. The maximum atomic E-state index is 12.5.